The fraction of sp³-hybridized carbons (Fsp3) is 0.476. The molecule has 1 aromatic carbocycles. The number of aromatic amines is 1. The fourth-order valence-electron chi connectivity index (χ4n) is 3.40. The van der Waals surface area contributed by atoms with Crippen molar-refractivity contribution in [2.24, 2.45) is 0 Å². The highest BCUT2D eigenvalue weighted by atomic mass is 31.2. The quantitative estimate of drug-likeness (QED) is 0.311. The topological polar surface area (TPSA) is 158 Å². The van der Waals surface area contributed by atoms with E-state index in [1.54, 1.807) is 25.1 Å². The number of H-pyrrole nitrogens is 1. The number of aliphatic hydroxyl groups excluding tert-OH is 1. The number of carbonyl (C=O) groups is 1. The lowest BCUT2D eigenvalue weighted by molar-refractivity contribution is -0.144. The van der Waals surface area contributed by atoms with Gasteiger partial charge in [0.25, 0.3) is 5.56 Å². The van der Waals surface area contributed by atoms with Crippen LogP contribution in [-0.4, -0.2) is 57.8 Å². The van der Waals surface area contributed by atoms with Gasteiger partial charge in [-0.25, -0.2) is 13.8 Å². The smallest absolute Gasteiger partial charge is 0.459 e. The zero-order chi connectivity index (χ0) is 25.8. The first kappa shape index (κ1) is 26.8. The maximum atomic E-state index is 15.4. The number of nitrogens with one attached hydrogen (secondary N) is 2. The van der Waals surface area contributed by atoms with E-state index in [0.717, 1.165) is 23.8 Å². The van der Waals surface area contributed by atoms with Crippen molar-refractivity contribution in [1.29, 1.82) is 0 Å². The van der Waals surface area contributed by atoms with Crippen molar-refractivity contribution >= 4 is 13.7 Å². The molecule has 2 aromatic rings. The zero-order valence-electron chi connectivity index (χ0n) is 19.3. The Morgan fingerprint density at radius 2 is 2.03 bits per heavy atom. The van der Waals surface area contributed by atoms with Crippen molar-refractivity contribution in [3.8, 4) is 5.75 Å². The maximum Gasteiger partial charge on any atom is 0.459 e. The summed E-state index contributed by atoms with van der Waals surface area (Å²) in [5.41, 5.74) is -4.11. The highest BCUT2D eigenvalue weighted by molar-refractivity contribution is 7.52. The minimum Gasteiger partial charge on any atom is -0.465 e. The standard InChI is InChI=1S/C21H27FN3O9P/c1-4-31-18(28)13(2)24-35(30,34-14-8-6-5-7-9-14)32-12-15-17(27)21(3,22)19(33-15)25-11-10-16(26)23-20(25)29/h5-11,13,15,17,19,27H,4,12H2,1-3H3,(H,24,30)(H,23,26,29)/t13-,15+,17+,19+,21?,35?/m0/s1. The molecule has 3 N–H and O–H groups in total. The number of esters is 1. The number of rotatable bonds is 10. The molecule has 0 radical (unpaired) electrons. The summed E-state index contributed by atoms with van der Waals surface area (Å²) in [6, 6.07) is 7.86. The zero-order valence-corrected chi connectivity index (χ0v) is 20.1. The van der Waals surface area contributed by atoms with Gasteiger partial charge in [0.05, 0.1) is 13.2 Å². The van der Waals surface area contributed by atoms with Gasteiger partial charge in [-0.05, 0) is 32.9 Å². The first-order chi connectivity index (χ1) is 16.5. The third-order valence-corrected chi connectivity index (χ3v) is 6.83. The number of ether oxygens (including phenoxy) is 2. The summed E-state index contributed by atoms with van der Waals surface area (Å²) < 4.78 is 51.0. The number of benzene rings is 1. The number of hydrogen-bond acceptors (Lipinski definition) is 9. The second kappa shape index (κ2) is 10.8. The SMILES string of the molecule is CCOC(=O)[C@H](C)NP(=O)(OC[C@H]1O[C@@H](n2ccc(=O)[nH]c2=O)C(C)(F)[C@@H]1O)Oc1ccccc1. The lowest BCUT2D eigenvalue weighted by Crippen LogP contribution is -2.43. The summed E-state index contributed by atoms with van der Waals surface area (Å²) in [6.45, 7) is 3.47. The summed E-state index contributed by atoms with van der Waals surface area (Å²) in [4.78, 5) is 37.5. The Bertz CT molecular complexity index is 1190. The third kappa shape index (κ3) is 6.24. The number of carbonyl (C=O) groups excluding carboxylic acids is 1. The number of aliphatic hydroxyl groups is 1. The highest BCUT2D eigenvalue weighted by Crippen LogP contribution is 2.47. The van der Waals surface area contributed by atoms with Crippen LogP contribution in [0.2, 0.25) is 0 Å². The molecule has 0 amide bonds. The molecule has 1 saturated heterocycles. The molecule has 14 heteroatoms. The normalized spacial score (nSPS) is 26.6. The molecule has 3 rings (SSSR count). The molecule has 35 heavy (non-hydrogen) atoms. The van der Waals surface area contributed by atoms with Crippen molar-refractivity contribution in [2.45, 2.75) is 50.9 Å². The molecule has 1 fully saturated rings. The first-order valence-electron chi connectivity index (χ1n) is 10.7. The molecule has 0 aliphatic carbocycles. The lowest BCUT2D eigenvalue weighted by atomic mass is 9.98. The summed E-state index contributed by atoms with van der Waals surface area (Å²) in [7, 11) is -4.28. The van der Waals surface area contributed by atoms with Crippen molar-refractivity contribution < 1.29 is 37.4 Å². The van der Waals surface area contributed by atoms with Gasteiger partial charge < -0.3 is 19.1 Å². The monoisotopic (exact) mass is 515 g/mol. The van der Waals surface area contributed by atoms with E-state index in [2.05, 4.69) is 5.09 Å². The van der Waals surface area contributed by atoms with Gasteiger partial charge in [-0.15, -0.1) is 0 Å². The van der Waals surface area contributed by atoms with E-state index in [-0.39, 0.29) is 12.4 Å². The molecule has 2 heterocycles. The Kier molecular flexibility index (Phi) is 8.29. The minimum absolute atomic E-state index is 0.0955. The molecule has 1 aromatic heterocycles. The molecular weight excluding hydrogens is 488 g/mol. The molecule has 0 saturated carbocycles. The van der Waals surface area contributed by atoms with Crippen LogP contribution in [0, 0.1) is 0 Å². The predicted molar refractivity (Wildman–Crippen MR) is 121 cm³/mol. The van der Waals surface area contributed by atoms with E-state index in [1.165, 1.54) is 19.1 Å². The van der Waals surface area contributed by atoms with Gasteiger partial charge in [-0.1, -0.05) is 18.2 Å². The van der Waals surface area contributed by atoms with Gasteiger partial charge in [0.2, 0.25) is 0 Å². The van der Waals surface area contributed by atoms with E-state index in [1.807, 2.05) is 4.98 Å². The van der Waals surface area contributed by atoms with Gasteiger partial charge in [-0.2, -0.15) is 5.09 Å². The molecular formula is C21H27FN3O9P. The van der Waals surface area contributed by atoms with Crippen LogP contribution < -0.4 is 20.9 Å². The van der Waals surface area contributed by atoms with Crippen molar-refractivity contribution in [1.82, 2.24) is 14.6 Å². The Morgan fingerprint density at radius 1 is 1.34 bits per heavy atom. The van der Waals surface area contributed by atoms with Crippen molar-refractivity contribution in [3.05, 3.63) is 63.4 Å². The molecule has 0 spiro atoms. The van der Waals surface area contributed by atoms with Gasteiger partial charge in [0, 0.05) is 12.3 Å². The molecule has 6 atom stereocenters. The lowest BCUT2D eigenvalue weighted by Gasteiger charge is -2.25. The van der Waals surface area contributed by atoms with E-state index in [0.29, 0.717) is 0 Å². The molecule has 2 unspecified atom stereocenters. The molecule has 1 aliphatic rings. The second-order valence-electron chi connectivity index (χ2n) is 7.94. The van der Waals surface area contributed by atoms with Gasteiger partial charge >= 0.3 is 19.4 Å². The van der Waals surface area contributed by atoms with Crippen molar-refractivity contribution in [2.75, 3.05) is 13.2 Å². The average molecular weight is 515 g/mol. The molecule has 1 aliphatic heterocycles. The second-order valence-corrected chi connectivity index (χ2v) is 9.63. The number of alkyl halides is 1. The molecule has 12 nitrogen and oxygen atoms in total. The van der Waals surface area contributed by atoms with Crippen LogP contribution in [0.1, 0.15) is 27.0 Å². The molecule has 0 bridgehead atoms. The average Bonchev–Trinajstić information content (AvgIpc) is 3.02. The van der Waals surface area contributed by atoms with E-state index in [9.17, 15) is 24.1 Å². The number of hydrogen-bond donors (Lipinski definition) is 3. The Morgan fingerprint density at radius 3 is 2.66 bits per heavy atom. The van der Waals surface area contributed by atoms with Crippen LogP contribution in [0.3, 0.4) is 0 Å². The van der Waals surface area contributed by atoms with Crippen LogP contribution in [0.15, 0.2) is 52.2 Å². The highest BCUT2D eigenvalue weighted by Gasteiger charge is 2.55. The fourth-order valence-corrected chi connectivity index (χ4v) is 4.90. The summed E-state index contributed by atoms with van der Waals surface area (Å²) >= 11 is 0. The van der Waals surface area contributed by atoms with Crippen LogP contribution in [0.4, 0.5) is 4.39 Å². The van der Waals surface area contributed by atoms with E-state index >= 15 is 4.39 Å². The Labute approximate surface area is 199 Å². The van der Waals surface area contributed by atoms with Gasteiger partial charge in [-0.3, -0.25) is 23.7 Å². The number of aromatic nitrogens is 2. The van der Waals surface area contributed by atoms with Crippen LogP contribution in [0.25, 0.3) is 0 Å². The Balaban J connectivity index is 1.80. The number of nitrogens with zero attached hydrogens (tertiary/aromatic N) is 1. The summed E-state index contributed by atoms with van der Waals surface area (Å²) in [6.07, 6.45) is -3.78. The maximum absolute atomic E-state index is 15.4. The third-order valence-electron chi connectivity index (χ3n) is 5.19. The summed E-state index contributed by atoms with van der Waals surface area (Å²) in [5, 5.41) is 13.0. The number of para-hydroxylation sites is 1. The van der Waals surface area contributed by atoms with Crippen molar-refractivity contribution in [3.63, 3.8) is 0 Å². The Hall–Kier alpha value is -2.83. The predicted octanol–water partition coefficient (Wildman–Crippen LogP) is 1.27. The molecule has 192 valence electrons. The van der Waals surface area contributed by atoms with Crippen LogP contribution >= 0.6 is 7.75 Å². The van der Waals surface area contributed by atoms with E-state index in [4.69, 9.17) is 18.5 Å². The van der Waals surface area contributed by atoms with E-state index < -0.39 is 61.7 Å². The van der Waals surface area contributed by atoms with Crippen LogP contribution in [0.5, 0.6) is 5.75 Å². The van der Waals surface area contributed by atoms with Crippen LogP contribution in [-0.2, 0) is 23.4 Å². The number of halogens is 1. The largest absolute Gasteiger partial charge is 0.465 e. The van der Waals surface area contributed by atoms with Gasteiger partial charge in [0.1, 0.15) is 24.0 Å². The van der Waals surface area contributed by atoms with Gasteiger partial charge in [0.15, 0.2) is 11.9 Å². The summed E-state index contributed by atoms with van der Waals surface area (Å²) in [5.74, 6) is -0.556. The first-order valence-corrected chi connectivity index (χ1v) is 12.3. The minimum atomic E-state index is -4.28.